The maximum absolute atomic E-state index is 14.9. The van der Waals surface area contributed by atoms with Crippen LogP contribution >= 0.6 is 0 Å². The number of fused-ring (bicyclic) bond motifs is 6. The second-order valence-electron chi connectivity index (χ2n) is 24.0. The number of ether oxygens (including phenoxy) is 2. The van der Waals surface area contributed by atoms with Crippen LogP contribution in [0.3, 0.4) is 0 Å². The number of benzene rings is 1. The van der Waals surface area contributed by atoms with Crippen molar-refractivity contribution in [3.8, 4) is 0 Å². The first kappa shape index (κ1) is 44.1. The fourth-order valence-corrected chi connectivity index (χ4v) is 16.3. The molecule has 8 heteroatoms. The predicted molar refractivity (Wildman–Crippen MR) is 246 cm³/mol. The van der Waals surface area contributed by atoms with E-state index in [0.717, 1.165) is 68.6 Å². The van der Waals surface area contributed by atoms with Crippen LogP contribution in [-0.4, -0.2) is 77.2 Å². The highest BCUT2D eigenvalue weighted by Crippen LogP contribution is 2.74. The molecule has 342 valence electrons. The lowest BCUT2D eigenvalue weighted by atomic mass is 9.34. The van der Waals surface area contributed by atoms with Crippen LogP contribution in [-0.2, 0) is 25.5 Å². The van der Waals surface area contributed by atoms with Crippen LogP contribution in [0.25, 0.3) is 0 Å². The van der Waals surface area contributed by atoms with Gasteiger partial charge in [0.1, 0.15) is 23.8 Å². The van der Waals surface area contributed by atoms with Gasteiger partial charge in [-0.25, -0.2) is 0 Å². The number of aliphatic hydroxyl groups excluding tert-OH is 2. The molecule has 2 unspecified atom stereocenters. The van der Waals surface area contributed by atoms with Crippen molar-refractivity contribution in [2.75, 3.05) is 19.8 Å². The maximum atomic E-state index is 14.9. The van der Waals surface area contributed by atoms with E-state index >= 15 is 0 Å². The summed E-state index contributed by atoms with van der Waals surface area (Å²) in [5, 5.41) is 25.0. The summed E-state index contributed by atoms with van der Waals surface area (Å²) in [6.07, 6.45) is 18.5. The number of Topliss-reactive ketones (excluding diaryl/α,β-unsaturated/α-hetero) is 2. The minimum absolute atomic E-state index is 0.0545. The Morgan fingerprint density at radius 1 is 0.905 bits per heavy atom. The molecule has 5 aliphatic carbocycles. The number of aliphatic imine (C=N–C) groups is 1. The zero-order chi connectivity index (χ0) is 44.4. The number of hydrogen-bond donors (Lipinski definition) is 3. The van der Waals surface area contributed by atoms with E-state index in [2.05, 4.69) is 72.0 Å². The Labute approximate surface area is 377 Å². The molecule has 4 aliphatic heterocycles. The number of nitrogens with one attached hydrogen (secondary N) is 1. The summed E-state index contributed by atoms with van der Waals surface area (Å²) in [5.74, 6) is 1.33. The van der Waals surface area contributed by atoms with Crippen LogP contribution in [0, 0.1) is 45.3 Å². The number of ketones is 2. The van der Waals surface area contributed by atoms with Gasteiger partial charge >= 0.3 is 0 Å². The molecule has 3 N–H and O–H groups in total. The summed E-state index contributed by atoms with van der Waals surface area (Å²) in [6.45, 7) is 19.9. The van der Waals surface area contributed by atoms with Crippen LogP contribution in [0.1, 0.15) is 167 Å². The van der Waals surface area contributed by atoms with Gasteiger partial charge in [0.25, 0.3) is 0 Å². The number of hydrogen-bond acceptors (Lipinski definition) is 7. The summed E-state index contributed by atoms with van der Waals surface area (Å²) in [7, 11) is 0. The van der Waals surface area contributed by atoms with E-state index in [1.807, 2.05) is 20.0 Å². The van der Waals surface area contributed by atoms with Gasteiger partial charge in [-0.05, 0) is 140 Å². The highest BCUT2D eigenvalue weighted by atomic mass is 16.6. The van der Waals surface area contributed by atoms with Gasteiger partial charge in [0.15, 0.2) is 11.8 Å². The molecule has 2 saturated heterocycles. The van der Waals surface area contributed by atoms with Crippen molar-refractivity contribution in [3.05, 3.63) is 70.1 Å². The number of allylic oxidation sites excluding steroid dienone is 1. The molecule has 9 aliphatic rings. The van der Waals surface area contributed by atoms with Crippen molar-refractivity contribution < 1.29 is 34.2 Å². The smallest absolute Gasteiger partial charge is 0.160 e. The van der Waals surface area contributed by atoms with Gasteiger partial charge in [0.2, 0.25) is 0 Å². The van der Waals surface area contributed by atoms with E-state index in [1.165, 1.54) is 59.3 Å². The van der Waals surface area contributed by atoms with E-state index in [0.29, 0.717) is 43.4 Å². The fourth-order valence-electron chi connectivity index (χ4n) is 16.3. The second-order valence-corrected chi connectivity index (χ2v) is 24.0. The number of nitrogens with zero attached hydrogens (tertiary/aromatic N) is 1. The topological polar surface area (TPSA) is 113 Å². The quantitative estimate of drug-likeness (QED) is 0.204. The molecule has 4 heterocycles. The Hall–Kier alpha value is -2.75. The molecule has 1 aromatic rings. The third kappa shape index (κ3) is 7.03. The molecular formula is C55H77N2O6+. The van der Waals surface area contributed by atoms with Crippen LogP contribution in [0.5, 0.6) is 0 Å². The fraction of sp³-hybridized carbons (Fsp3) is 0.727. The molecule has 0 radical (unpaired) electrons. The minimum atomic E-state index is -0.691. The Balaban J connectivity index is 1.03. The molecule has 8 nitrogen and oxygen atoms in total. The van der Waals surface area contributed by atoms with Gasteiger partial charge < -0.3 is 19.7 Å². The van der Waals surface area contributed by atoms with Crippen molar-refractivity contribution in [1.82, 2.24) is 0 Å². The first-order valence-electron chi connectivity index (χ1n) is 25.2. The standard InChI is InChI=1S/C55H76N2O6/c1-32(24-41(58)50-52(4,5)63-50)45-42(59)29-55(8)46(45)39(48(61)49-53(6)19-15-44(60)51(2,3)43(53)14-20-54(49,55)7)31-57-30-38(47-40(57)16-21-56-47)27-33-25-36(34-12-10-9-11-13-34)28-37(26-33)35-17-22-62-23-18-35/h16,21,25-26,28,30,32,34-35,39-41,43,48-50,58,61H,9-15,17-20,22-24,27,29,31H2,1-8H3/p+1/t32-,39+,40?,41-,43+,48-,49+,50+,53+,54+,55+/m1/s1. The lowest BCUT2D eigenvalue weighted by Crippen LogP contribution is -3.11. The SMILES string of the molecule is C[C@H](C[C@@H](O)[C@@H]1OC1(C)C)C1=C2[C@H](C[NH+]3C=C(Cc4cc(C5CCCCC5)cc(C5CCOCC5)c4)C4=NC=CC43)[C@@H](O)[C@H]3[C@@]4(C)CCC(=O)C(C)(C)[C@@H]4CC[C@]3(C)[C@@]2(C)CC1=O. The third-order valence-corrected chi connectivity index (χ3v) is 19.7. The molecule has 12 atom stereocenters. The Morgan fingerprint density at radius 2 is 1.59 bits per heavy atom. The van der Waals surface area contributed by atoms with Gasteiger partial charge in [-0.3, -0.25) is 19.5 Å². The summed E-state index contributed by atoms with van der Waals surface area (Å²) in [5.41, 5.74) is 6.89. The van der Waals surface area contributed by atoms with Crippen molar-refractivity contribution in [2.24, 2.45) is 50.3 Å². The zero-order valence-electron chi connectivity index (χ0n) is 39.7. The van der Waals surface area contributed by atoms with Crippen molar-refractivity contribution in [2.45, 2.75) is 187 Å². The lowest BCUT2D eigenvalue weighted by molar-refractivity contribution is -0.856. The molecule has 63 heavy (non-hydrogen) atoms. The first-order chi connectivity index (χ1) is 29.9. The maximum Gasteiger partial charge on any atom is 0.160 e. The monoisotopic (exact) mass is 862 g/mol. The number of quaternary nitrogens is 1. The van der Waals surface area contributed by atoms with Gasteiger partial charge in [-0.15, -0.1) is 0 Å². The van der Waals surface area contributed by atoms with Crippen LogP contribution < -0.4 is 4.90 Å². The number of rotatable bonds is 10. The molecule has 1 aromatic carbocycles. The molecule has 0 spiro atoms. The number of carbonyl (C=O) groups is 2. The van der Waals surface area contributed by atoms with Gasteiger partial charge in [0, 0.05) is 55.1 Å². The summed E-state index contributed by atoms with van der Waals surface area (Å²) in [4.78, 5) is 34.8. The van der Waals surface area contributed by atoms with Crippen LogP contribution in [0.4, 0.5) is 0 Å². The zero-order valence-corrected chi connectivity index (χ0v) is 39.7. The number of carbonyl (C=O) groups excluding carboxylic acids is 2. The van der Waals surface area contributed by atoms with Crippen LogP contribution in [0.2, 0.25) is 0 Å². The summed E-state index contributed by atoms with van der Waals surface area (Å²) in [6, 6.07) is 7.58. The lowest BCUT2D eigenvalue weighted by Gasteiger charge is -2.69. The number of epoxide rings is 1. The first-order valence-corrected chi connectivity index (χ1v) is 25.2. The van der Waals surface area contributed by atoms with Gasteiger partial charge in [-0.1, -0.05) is 79.0 Å². The highest BCUT2D eigenvalue weighted by molar-refractivity contribution is 6.07. The van der Waals surface area contributed by atoms with Crippen molar-refractivity contribution >= 4 is 17.3 Å². The van der Waals surface area contributed by atoms with E-state index < -0.39 is 23.0 Å². The summed E-state index contributed by atoms with van der Waals surface area (Å²) >= 11 is 0. The van der Waals surface area contributed by atoms with E-state index in [1.54, 1.807) is 0 Å². The largest absolute Gasteiger partial charge is 0.392 e. The average Bonchev–Trinajstić information content (AvgIpc) is 3.53. The minimum Gasteiger partial charge on any atom is -0.392 e. The molecule has 6 fully saturated rings. The van der Waals surface area contributed by atoms with E-state index in [-0.39, 0.29) is 58.0 Å². The summed E-state index contributed by atoms with van der Waals surface area (Å²) < 4.78 is 11.7. The Kier molecular flexibility index (Phi) is 11.0. The normalized spacial score (nSPS) is 40.5. The molecule has 0 amide bonds. The van der Waals surface area contributed by atoms with Crippen LogP contribution in [0.15, 0.2) is 58.4 Å². The van der Waals surface area contributed by atoms with Crippen molar-refractivity contribution in [3.63, 3.8) is 0 Å². The Morgan fingerprint density at radius 3 is 2.27 bits per heavy atom. The van der Waals surface area contributed by atoms with Gasteiger partial charge in [0.05, 0.1) is 30.3 Å². The average molecular weight is 862 g/mol. The van der Waals surface area contributed by atoms with Crippen molar-refractivity contribution in [1.29, 1.82) is 0 Å². The highest BCUT2D eigenvalue weighted by Gasteiger charge is 2.72. The Bertz CT molecular complexity index is 2120. The number of aliphatic hydroxyl groups is 2. The molecule has 4 saturated carbocycles. The third-order valence-electron chi connectivity index (χ3n) is 19.7. The second kappa shape index (κ2) is 15.7. The molecule has 0 bridgehead atoms. The van der Waals surface area contributed by atoms with E-state index in [9.17, 15) is 19.8 Å². The van der Waals surface area contributed by atoms with E-state index in [4.69, 9.17) is 14.5 Å². The van der Waals surface area contributed by atoms with Gasteiger partial charge in [-0.2, -0.15) is 0 Å². The molecule has 0 aromatic heterocycles. The predicted octanol–water partition coefficient (Wildman–Crippen LogP) is 8.55. The molecule has 10 rings (SSSR count). The molecular weight excluding hydrogens is 785 g/mol.